The van der Waals surface area contributed by atoms with Gasteiger partial charge in [0.05, 0.1) is 5.41 Å². The SMILES string of the molecule is CC(=O)C(C)(c1ccccc1N)c1ccccc1N. The molecular formula is C16H18N2O. The van der Waals surface area contributed by atoms with Crippen molar-refractivity contribution in [3.05, 3.63) is 59.7 Å². The van der Waals surface area contributed by atoms with Crippen molar-refractivity contribution >= 4 is 17.2 Å². The highest BCUT2D eigenvalue weighted by molar-refractivity contribution is 5.94. The molecule has 98 valence electrons. The summed E-state index contributed by atoms with van der Waals surface area (Å²) in [7, 11) is 0. The van der Waals surface area contributed by atoms with E-state index in [2.05, 4.69) is 0 Å². The summed E-state index contributed by atoms with van der Waals surface area (Å²) in [5.74, 6) is 0.0169. The topological polar surface area (TPSA) is 69.1 Å². The summed E-state index contributed by atoms with van der Waals surface area (Å²) in [6.07, 6.45) is 0. The molecule has 2 aromatic carbocycles. The monoisotopic (exact) mass is 254 g/mol. The van der Waals surface area contributed by atoms with E-state index in [1.807, 2.05) is 43.3 Å². The Balaban J connectivity index is 2.73. The van der Waals surface area contributed by atoms with Gasteiger partial charge in [0.15, 0.2) is 0 Å². The molecule has 3 nitrogen and oxygen atoms in total. The minimum atomic E-state index is -0.823. The maximum absolute atomic E-state index is 12.3. The largest absolute Gasteiger partial charge is 0.398 e. The van der Waals surface area contributed by atoms with Gasteiger partial charge in [-0.15, -0.1) is 0 Å². The molecule has 0 amide bonds. The number of carbonyl (C=O) groups excluding carboxylic acids is 1. The van der Waals surface area contributed by atoms with Crippen molar-refractivity contribution in [2.75, 3.05) is 11.5 Å². The third kappa shape index (κ3) is 2.08. The Hall–Kier alpha value is -2.29. The second kappa shape index (κ2) is 4.76. The molecule has 0 saturated carbocycles. The summed E-state index contributed by atoms with van der Waals surface area (Å²) in [4.78, 5) is 12.3. The zero-order valence-electron chi connectivity index (χ0n) is 11.2. The van der Waals surface area contributed by atoms with Crippen LogP contribution in [0.4, 0.5) is 11.4 Å². The van der Waals surface area contributed by atoms with Crippen LogP contribution in [0.1, 0.15) is 25.0 Å². The van der Waals surface area contributed by atoms with Gasteiger partial charge in [0.2, 0.25) is 0 Å². The number of para-hydroxylation sites is 2. The summed E-state index contributed by atoms with van der Waals surface area (Å²) in [6, 6.07) is 14.8. The van der Waals surface area contributed by atoms with Crippen molar-refractivity contribution in [3.8, 4) is 0 Å². The normalized spacial score (nSPS) is 11.3. The lowest BCUT2D eigenvalue weighted by Crippen LogP contribution is -2.33. The molecule has 3 heteroatoms. The van der Waals surface area contributed by atoms with E-state index in [9.17, 15) is 4.79 Å². The lowest BCUT2D eigenvalue weighted by atomic mass is 9.72. The Morgan fingerprint density at radius 3 is 1.58 bits per heavy atom. The average Bonchev–Trinajstić information content (AvgIpc) is 2.38. The number of rotatable bonds is 3. The van der Waals surface area contributed by atoms with Crippen molar-refractivity contribution in [1.29, 1.82) is 0 Å². The zero-order valence-corrected chi connectivity index (χ0v) is 11.2. The van der Waals surface area contributed by atoms with Gasteiger partial charge in [0, 0.05) is 11.4 Å². The Morgan fingerprint density at radius 1 is 0.895 bits per heavy atom. The van der Waals surface area contributed by atoms with E-state index in [0.717, 1.165) is 11.1 Å². The first kappa shape index (κ1) is 13.1. The van der Waals surface area contributed by atoms with Crippen molar-refractivity contribution < 1.29 is 4.79 Å². The highest BCUT2D eigenvalue weighted by atomic mass is 16.1. The Labute approximate surface area is 113 Å². The number of hydrogen-bond acceptors (Lipinski definition) is 3. The van der Waals surface area contributed by atoms with E-state index in [-0.39, 0.29) is 5.78 Å². The van der Waals surface area contributed by atoms with Gasteiger partial charge in [0.1, 0.15) is 5.78 Å². The van der Waals surface area contributed by atoms with Crippen LogP contribution in [0.25, 0.3) is 0 Å². The van der Waals surface area contributed by atoms with Crippen LogP contribution in [-0.2, 0) is 10.2 Å². The maximum Gasteiger partial charge on any atom is 0.144 e. The van der Waals surface area contributed by atoms with Crippen LogP contribution >= 0.6 is 0 Å². The predicted molar refractivity (Wildman–Crippen MR) is 78.8 cm³/mol. The highest BCUT2D eigenvalue weighted by Crippen LogP contribution is 2.38. The molecule has 0 aliphatic carbocycles. The minimum absolute atomic E-state index is 0.0169. The van der Waals surface area contributed by atoms with Gasteiger partial charge in [-0.1, -0.05) is 36.4 Å². The quantitative estimate of drug-likeness (QED) is 0.827. The van der Waals surface area contributed by atoms with Crippen LogP contribution in [0.2, 0.25) is 0 Å². The van der Waals surface area contributed by atoms with E-state index in [0.29, 0.717) is 11.4 Å². The molecule has 0 atom stereocenters. The van der Waals surface area contributed by atoms with Crippen LogP contribution < -0.4 is 11.5 Å². The molecule has 0 heterocycles. The average molecular weight is 254 g/mol. The first-order valence-electron chi connectivity index (χ1n) is 6.19. The van der Waals surface area contributed by atoms with Gasteiger partial charge in [-0.2, -0.15) is 0 Å². The molecule has 0 aliphatic rings. The molecule has 2 aromatic rings. The van der Waals surface area contributed by atoms with Crippen molar-refractivity contribution in [3.63, 3.8) is 0 Å². The van der Waals surface area contributed by atoms with E-state index >= 15 is 0 Å². The Bertz CT molecular complexity index is 574. The molecule has 19 heavy (non-hydrogen) atoms. The van der Waals surface area contributed by atoms with Gasteiger partial charge >= 0.3 is 0 Å². The number of anilines is 2. The highest BCUT2D eigenvalue weighted by Gasteiger charge is 2.36. The molecule has 2 rings (SSSR count). The lowest BCUT2D eigenvalue weighted by molar-refractivity contribution is -0.120. The number of carbonyl (C=O) groups is 1. The molecule has 0 saturated heterocycles. The summed E-state index contributed by atoms with van der Waals surface area (Å²) in [6.45, 7) is 3.44. The molecular weight excluding hydrogens is 236 g/mol. The van der Waals surface area contributed by atoms with E-state index < -0.39 is 5.41 Å². The second-order valence-electron chi connectivity index (χ2n) is 4.86. The smallest absolute Gasteiger partial charge is 0.144 e. The molecule has 0 spiro atoms. The summed E-state index contributed by atoms with van der Waals surface area (Å²) in [5.41, 5.74) is 14.0. The second-order valence-corrected chi connectivity index (χ2v) is 4.86. The third-order valence-electron chi connectivity index (χ3n) is 3.70. The van der Waals surface area contributed by atoms with Crippen molar-refractivity contribution in [1.82, 2.24) is 0 Å². The Morgan fingerprint density at radius 2 is 1.26 bits per heavy atom. The minimum Gasteiger partial charge on any atom is -0.398 e. The van der Waals surface area contributed by atoms with Gasteiger partial charge in [-0.3, -0.25) is 4.79 Å². The fourth-order valence-electron chi connectivity index (χ4n) is 2.43. The zero-order chi connectivity index (χ0) is 14.0. The standard InChI is InChI=1S/C16H18N2O/c1-11(19)16(2,12-7-3-5-9-14(12)17)13-8-4-6-10-15(13)18/h3-10H,17-18H2,1-2H3. The van der Waals surface area contributed by atoms with Gasteiger partial charge in [-0.25, -0.2) is 0 Å². The van der Waals surface area contributed by atoms with Crippen molar-refractivity contribution in [2.24, 2.45) is 0 Å². The Kier molecular flexibility index (Phi) is 3.30. The number of ketones is 1. The number of nitrogens with two attached hydrogens (primary N) is 2. The summed E-state index contributed by atoms with van der Waals surface area (Å²) in [5, 5.41) is 0. The van der Waals surface area contributed by atoms with Crippen molar-refractivity contribution in [2.45, 2.75) is 19.3 Å². The molecule has 0 aliphatic heterocycles. The molecule has 0 radical (unpaired) electrons. The first-order chi connectivity index (χ1) is 8.98. The van der Waals surface area contributed by atoms with Crippen LogP contribution in [0, 0.1) is 0 Å². The lowest BCUT2D eigenvalue weighted by Gasteiger charge is -2.30. The molecule has 0 aromatic heterocycles. The molecule has 4 N–H and O–H groups in total. The molecule has 0 bridgehead atoms. The number of nitrogen functional groups attached to an aromatic ring is 2. The van der Waals surface area contributed by atoms with Gasteiger partial charge < -0.3 is 11.5 Å². The first-order valence-corrected chi connectivity index (χ1v) is 6.19. The van der Waals surface area contributed by atoms with Gasteiger partial charge in [-0.05, 0) is 37.1 Å². The number of Topliss-reactive ketones (excluding diaryl/α,β-unsaturated/α-hetero) is 1. The molecule has 0 unspecified atom stereocenters. The third-order valence-corrected chi connectivity index (χ3v) is 3.70. The summed E-state index contributed by atoms with van der Waals surface area (Å²) < 4.78 is 0. The fourth-order valence-corrected chi connectivity index (χ4v) is 2.43. The van der Waals surface area contributed by atoms with E-state index in [1.54, 1.807) is 19.1 Å². The van der Waals surface area contributed by atoms with E-state index in [1.165, 1.54) is 0 Å². The summed E-state index contributed by atoms with van der Waals surface area (Å²) >= 11 is 0. The molecule has 0 fully saturated rings. The van der Waals surface area contributed by atoms with Crippen LogP contribution in [0.15, 0.2) is 48.5 Å². The number of benzene rings is 2. The van der Waals surface area contributed by atoms with Crippen LogP contribution in [0.3, 0.4) is 0 Å². The van der Waals surface area contributed by atoms with Crippen LogP contribution in [0.5, 0.6) is 0 Å². The van der Waals surface area contributed by atoms with Crippen LogP contribution in [-0.4, -0.2) is 5.78 Å². The van der Waals surface area contributed by atoms with E-state index in [4.69, 9.17) is 11.5 Å². The van der Waals surface area contributed by atoms with Gasteiger partial charge in [0.25, 0.3) is 0 Å². The maximum atomic E-state index is 12.3. The fraction of sp³-hybridized carbons (Fsp3) is 0.188. The number of hydrogen-bond donors (Lipinski definition) is 2. The predicted octanol–water partition coefficient (Wildman–Crippen LogP) is 2.75.